The van der Waals surface area contributed by atoms with E-state index in [1.807, 2.05) is 37.3 Å². The van der Waals surface area contributed by atoms with E-state index in [9.17, 15) is 9.59 Å². The molecule has 0 fully saturated rings. The van der Waals surface area contributed by atoms with Crippen LogP contribution in [0.15, 0.2) is 59.7 Å². The molecule has 3 aromatic rings. The molecule has 8 heteroatoms. The minimum Gasteiger partial charge on any atom is -0.493 e. The highest BCUT2D eigenvalue weighted by molar-refractivity contribution is 5.75. The Morgan fingerprint density at radius 2 is 1.75 bits per heavy atom. The van der Waals surface area contributed by atoms with E-state index in [0.29, 0.717) is 36.9 Å². The summed E-state index contributed by atoms with van der Waals surface area (Å²) in [5, 5.41) is 2.55. The molecule has 166 valence electrons. The zero-order valence-electron chi connectivity index (χ0n) is 18.2. The zero-order valence-corrected chi connectivity index (χ0v) is 18.2. The lowest BCUT2D eigenvalue weighted by Crippen LogP contribution is -2.22. The van der Waals surface area contributed by atoms with Crippen molar-refractivity contribution < 1.29 is 14.3 Å². The molecule has 8 nitrogen and oxygen atoms in total. The van der Waals surface area contributed by atoms with Gasteiger partial charge in [0.15, 0.2) is 5.82 Å². The Balaban J connectivity index is 0.00000176. The van der Waals surface area contributed by atoms with Crippen molar-refractivity contribution >= 4 is 5.91 Å². The molecule has 2 heterocycles. The third-order valence-electron chi connectivity index (χ3n) is 4.44. The Kier molecular flexibility index (Phi) is 9.47. The number of aryl methyl sites for hydroxylation is 1. The van der Waals surface area contributed by atoms with Crippen LogP contribution in [0.4, 0.5) is 0 Å². The Hall–Kier alpha value is -4.12. The van der Waals surface area contributed by atoms with Crippen LogP contribution in [0.2, 0.25) is 0 Å². The number of ether oxygens (including phenoxy) is 2. The standard InChI is InChI=1S/C22H24N4O4.C2H2/c1-16-12-19(30-15-20-24-9-3-10-25-20)13-22(28)26(16)14-17-4-6-18(7-5-17)29-11-8-21(27)23-2;1-2/h3-7,9-10,12-13H,8,11,14-15H2,1-2H3,(H,23,27);1-2H. The summed E-state index contributed by atoms with van der Waals surface area (Å²) >= 11 is 0. The molecule has 0 aliphatic carbocycles. The van der Waals surface area contributed by atoms with Crippen molar-refractivity contribution in [1.29, 1.82) is 0 Å². The van der Waals surface area contributed by atoms with Crippen LogP contribution in [0, 0.1) is 19.8 Å². The van der Waals surface area contributed by atoms with E-state index in [-0.39, 0.29) is 18.1 Å². The van der Waals surface area contributed by atoms with Gasteiger partial charge in [0.25, 0.3) is 5.56 Å². The highest BCUT2D eigenvalue weighted by Gasteiger charge is 2.07. The van der Waals surface area contributed by atoms with Crippen molar-refractivity contribution in [2.45, 2.75) is 26.5 Å². The predicted octanol–water partition coefficient (Wildman–Crippen LogP) is 2.34. The second-order valence-corrected chi connectivity index (χ2v) is 6.63. The predicted molar refractivity (Wildman–Crippen MR) is 121 cm³/mol. The van der Waals surface area contributed by atoms with Crippen molar-refractivity contribution in [2.24, 2.45) is 0 Å². The monoisotopic (exact) mass is 434 g/mol. The molecule has 0 saturated carbocycles. The van der Waals surface area contributed by atoms with Gasteiger partial charge in [-0.2, -0.15) is 0 Å². The molecule has 1 aromatic carbocycles. The summed E-state index contributed by atoms with van der Waals surface area (Å²) < 4.78 is 12.9. The molecule has 0 bridgehead atoms. The molecule has 0 unspecified atom stereocenters. The second-order valence-electron chi connectivity index (χ2n) is 6.63. The minimum absolute atomic E-state index is 0.0646. The van der Waals surface area contributed by atoms with E-state index >= 15 is 0 Å². The van der Waals surface area contributed by atoms with Crippen LogP contribution in [0.25, 0.3) is 0 Å². The van der Waals surface area contributed by atoms with Crippen LogP contribution in [0.3, 0.4) is 0 Å². The number of aromatic nitrogens is 3. The minimum atomic E-state index is -0.148. The molecule has 0 radical (unpaired) electrons. The Morgan fingerprint density at radius 1 is 1.06 bits per heavy atom. The second kappa shape index (κ2) is 12.5. The number of hydrogen-bond donors (Lipinski definition) is 1. The molecular formula is C24H26N4O4. The molecular weight excluding hydrogens is 408 g/mol. The fourth-order valence-corrected chi connectivity index (χ4v) is 2.80. The van der Waals surface area contributed by atoms with Gasteiger partial charge in [0.1, 0.15) is 18.1 Å². The highest BCUT2D eigenvalue weighted by Crippen LogP contribution is 2.16. The maximum absolute atomic E-state index is 12.6. The van der Waals surface area contributed by atoms with Crippen molar-refractivity contribution in [3.05, 3.63) is 82.3 Å². The third-order valence-corrected chi connectivity index (χ3v) is 4.44. The quantitative estimate of drug-likeness (QED) is 0.520. The lowest BCUT2D eigenvalue weighted by atomic mass is 10.2. The van der Waals surface area contributed by atoms with Gasteiger partial charge in [0.05, 0.1) is 19.6 Å². The lowest BCUT2D eigenvalue weighted by Gasteiger charge is -2.13. The van der Waals surface area contributed by atoms with Gasteiger partial charge in [0.2, 0.25) is 5.91 Å². The zero-order chi connectivity index (χ0) is 23.3. The van der Waals surface area contributed by atoms with Crippen LogP contribution < -0.4 is 20.3 Å². The van der Waals surface area contributed by atoms with Crippen molar-refractivity contribution in [3.8, 4) is 24.3 Å². The molecule has 1 N–H and O–H groups in total. The summed E-state index contributed by atoms with van der Waals surface area (Å²) in [6.45, 7) is 2.81. The normalized spacial score (nSPS) is 9.88. The Bertz CT molecular complexity index is 1080. The van der Waals surface area contributed by atoms with E-state index in [1.165, 1.54) is 6.07 Å². The van der Waals surface area contributed by atoms with E-state index < -0.39 is 0 Å². The lowest BCUT2D eigenvalue weighted by molar-refractivity contribution is -0.121. The number of pyridine rings is 1. The maximum atomic E-state index is 12.6. The van der Waals surface area contributed by atoms with Gasteiger partial charge in [-0.05, 0) is 36.8 Å². The fourth-order valence-electron chi connectivity index (χ4n) is 2.80. The number of carbonyl (C=O) groups is 1. The molecule has 0 spiro atoms. The number of amides is 1. The first-order chi connectivity index (χ1) is 15.5. The molecule has 0 aliphatic heterocycles. The average Bonchev–Trinajstić information content (AvgIpc) is 2.83. The van der Waals surface area contributed by atoms with E-state index in [1.54, 1.807) is 30.1 Å². The summed E-state index contributed by atoms with van der Waals surface area (Å²) in [6.07, 6.45) is 11.6. The van der Waals surface area contributed by atoms with E-state index in [4.69, 9.17) is 9.47 Å². The number of terminal acetylenes is 1. The van der Waals surface area contributed by atoms with Gasteiger partial charge >= 0.3 is 0 Å². The van der Waals surface area contributed by atoms with Crippen LogP contribution in [-0.4, -0.2) is 34.1 Å². The number of benzene rings is 1. The van der Waals surface area contributed by atoms with Crippen LogP contribution in [0.5, 0.6) is 11.5 Å². The summed E-state index contributed by atoms with van der Waals surface area (Å²) in [6, 6.07) is 12.5. The molecule has 1 amide bonds. The molecule has 0 atom stereocenters. The fraction of sp³-hybridized carbons (Fsp3) is 0.250. The van der Waals surface area contributed by atoms with Crippen LogP contribution in [0.1, 0.15) is 23.5 Å². The first-order valence-electron chi connectivity index (χ1n) is 9.91. The number of rotatable bonds is 9. The van der Waals surface area contributed by atoms with Crippen LogP contribution >= 0.6 is 0 Å². The van der Waals surface area contributed by atoms with Crippen molar-refractivity contribution in [2.75, 3.05) is 13.7 Å². The first kappa shape index (κ1) is 24.2. The Labute approximate surface area is 187 Å². The molecule has 0 aliphatic rings. The van der Waals surface area contributed by atoms with E-state index in [2.05, 4.69) is 28.1 Å². The summed E-state index contributed by atoms with van der Waals surface area (Å²) in [5.74, 6) is 1.65. The van der Waals surface area contributed by atoms with Crippen LogP contribution in [-0.2, 0) is 17.9 Å². The van der Waals surface area contributed by atoms with Gasteiger partial charge in [-0.1, -0.05) is 12.1 Å². The molecule has 0 saturated heterocycles. The van der Waals surface area contributed by atoms with Crippen molar-refractivity contribution in [3.63, 3.8) is 0 Å². The van der Waals surface area contributed by atoms with Gasteiger partial charge in [-0.3, -0.25) is 9.59 Å². The maximum Gasteiger partial charge on any atom is 0.254 e. The SMILES string of the molecule is C#C.CNC(=O)CCOc1ccc(Cn2c(C)cc(OCc3ncccn3)cc2=O)cc1. The Morgan fingerprint density at radius 3 is 2.38 bits per heavy atom. The summed E-state index contributed by atoms with van der Waals surface area (Å²) in [7, 11) is 1.59. The largest absolute Gasteiger partial charge is 0.493 e. The number of carbonyl (C=O) groups excluding carboxylic acids is 1. The smallest absolute Gasteiger partial charge is 0.254 e. The van der Waals surface area contributed by atoms with Gasteiger partial charge in [-0.15, -0.1) is 12.8 Å². The van der Waals surface area contributed by atoms with E-state index in [0.717, 1.165) is 11.3 Å². The summed E-state index contributed by atoms with van der Waals surface area (Å²) in [5.41, 5.74) is 1.60. The number of hydrogen-bond acceptors (Lipinski definition) is 6. The number of nitrogens with zero attached hydrogens (tertiary/aromatic N) is 3. The van der Waals surface area contributed by atoms with Gasteiger partial charge in [0, 0.05) is 31.2 Å². The molecule has 3 rings (SSSR count). The first-order valence-corrected chi connectivity index (χ1v) is 9.91. The third kappa shape index (κ3) is 7.29. The topological polar surface area (TPSA) is 95.3 Å². The molecule has 32 heavy (non-hydrogen) atoms. The highest BCUT2D eigenvalue weighted by atomic mass is 16.5. The van der Waals surface area contributed by atoms with Gasteiger partial charge < -0.3 is 19.4 Å². The average molecular weight is 434 g/mol. The number of nitrogens with one attached hydrogen (secondary N) is 1. The van der Waals surface area contributed by atoms with Gasteiger partial charge in [-0.25, -0.2) is 9.97 Å². The van der Waals surface area contributed by atoms with Crippen molar-refractivity contribution in [1.82, 2.24) is 19.9 Å². The summed E-state index contributed by atoms with van der Waals surface area (Å²) in [4.78, 5) is 32.0. The molecule has 2 aromatic heterocycles.